The molecule has 0 bridgehead atoms. The van der Waals surface area contributed by atoms with Crippen molar-refractivity contribution in [2.45, 2.75) is 45.1 Å². The normalized spacial score (nSPS) is 12.8. The summed E-state index contributed by atoms with van der Waals surface area (Å²) in [5.74, 6) is -1.46. The van der Waals surface area contributed by atoms with Gasteiger partial charge in [0.05, 0.1) is 16.0 Å². The molecule has 0 aromatic heterocycles. The molecule has 0 saturated heterocycles. The van der Waals surface area contributed by atoms with E-state index in [-0.39, 0.29) is 12.3 Å². The minimum atomic E-state index is -0.880. The van der Waals surface area contributed by atoms with Gasteiger partial charge in [0.2, 0.25) is 5.91 Å². The fraction of sp³-hybridized carbons (Fsp3) is 0.467. The molecule has 0 fully saturated rings. The first kappa shape index (κ1) is 17.8. The molecule has 0 aliphatic rings. The number of aliphatic carboxylic acids is 1. The zero-order valence-electron chi connectivity index (χ0n) is 12.2. The Morgan fingerprint density at radius 1 is 1.29 bits per heavy atom. The van der Waals surface area contributed by atoms with Gasteiger partial charge in [-0.15, -0.1) is 0 Å². The quantitative estimate of drug-likeness (QED) is 0.831. The Morgan fingerprint density at radius 3 is 2.43 bits per heavy atom. The fourth-order valence-electron chi connectivity index (χ4n) is 1.86. The average Bonchev–Trinajstić information content (AvgIpc) is 2.38. The second kappa shape index (κ2) is 7.14. The van der Waals surface area contributed by atoms with Crippen LogP contribution in [0.25, 0.3) is 0 Å². The van der Waals surface area contributed by atoms with Crippen LogP contribution in [0.2, 0.25) is 10.0 Å². The third-order valence-electron chi connectivity index (χ3n) is 3.26. The van der Waals surface area contributed by atoms with Crippen molar-refractivity contribution in [1.29, 1.82) is 0 Å². The lowest BCUT2D eigenvalue weighted by molar-refractivity contribution is -0.137. The van der Waals surface area contributed by atoms with Crippen LogP contribution < -0.4 is 5.32 Å². The minimum absolute atomic E-state index is 0.00837. The molecule has 21 heavy (non-hydrogen) atoms. The van der Waals surface area contributed by atoms with E-state index >= 15 is 0 Å². The van der Waals surface area contributed by atoms with Gasteiger partial charge in [-0.2, -0.15) is 0 Å². The van der Waals surface area contributed by atoms with Gasteiger partial charge in [0, 0.05) is 12.0 Å². The van der Waals surface area contributed by atoms with E-state index in [9.17, 15) is 9.59 Å². The van der Waals surface area contributed by atoms with Gasteiger partial charge in [-0.1, -0.05) is 29.3 Å². The van der Waals surface area contributed by atoms with Crippen LogP contribution in [0.3, 0.4) is 0 Å². The highest BCUT2D eigenvalue weighted by Gasteiger charge is 2.25. The molecular weight excluding hydrogens is 313 g/mol. The Bertz CT molecular complexity index is 544. The Morgan fingerprint density at radius 2 is 1.90 bits per heavy atom. The summed E-state index contributed by atoms with van der Waals surface area (Å²) in [6, 6.07) is 5.07. The van der Waals surface area contributed by atoms with E-state index in [1.165, 1.54) is 0 Å². The maximum atomic E-state index is 12.3. The van der Waals surface area contributed by atoms with Gasteiger partial charge in [-0.25, -0.2) is 0 Å². The molecule has 2 N–H and O–H groups in total. The number of carbonyl (C=O) groups excluding carboxylic acids is 1. The first-order valence-corrected chi connectivity index (χ1v) is 7.37. The number of carboxylic acids is 1. The maximum absolute atomic E-state index is 12.3. The molecule has 0 heterocycles. The van der Waals surface area contributed by atoms with Gasteiger partial charge >= 0.3 is 5.97 Å². The second-order valence-corrected chi connectivity index (χ2v) is 6.48. The summed E-state index contributed by atoms with van der Waals surface area (Å²) >= 11 is 11.8. The standard InChI is InChI=1S/C15H19Cl2NO3/c1-9(10-4-5-11(16)12(17)8-10)14(21)18-15(2,3)7-6-13(19)20/h4-5,8-9H,6-7H2,1-3H3,(H,18,21)(H,19,20). The fourth-order valence-corrected chi connectivity index (χ4v) is 2.16. The Kier molecular flexibility index (Phi) is 6.05. The zero-order valence-corrected chi connectivity index (χ0v) is 13.8. The van der Waals surface area contributed by atoms with E-state index in [0.29, 0.717) is 16.5 Å². The molecule has 1 amide bonds. The van der Waals surface area contributed by atoms with E-state index in [1.807, 2.05) is 0 Å². The van der Waals surface area contributed by atoms with Gasteiger partial charge in [0.15, 0.2) is 0 Å². The van der Waals surface area contributed by atoms with E-state index in [1.54, 1.807) is 39.0 Å². The molecule has 1 aromatic rings. The number of carbonyl (C=O) groups is 2. The van der Waals surface area contributed by atoms with Crippen LogP contribution in [-0.4, -0.2) is 22.5 Å². The lowest BCUT2D eigenvalue weighted by atomic mass is 9.95. The number of carboxylic acid groups (broad SMARTS) is 1. The summed E-state index contributed by atoms with van der Waals surface area (Å²) < 4.78 is 0. The number of hydrogen-bond donors (Lipinski definition) is 2. The molecule has 6 heteroatoms. The number of benzene rings is 1. The van der Waals surface area contributed by atoms with Crippen LogP contribution in [0.4, 0.5) is 0 Å². The SMILES string of the molecule is CC(C(=O)NC(C)(C)CCC(=O)O)c1ccc(Cl)c(Cl)c1. The highest BCUT2D eigenvalue weighted by atomic mass is 35.5. The largest absolute Gasteiger partial charge is 0.481 e. The molecule has 4 nitrogen and oxygen atoms in total. The molecule has 1 aromatic carbocycles. The highest BCUT2D eigenvalue weighted by molar-refractivity contribution is 6.42. The van der Waals surface area contributed by atoms with Crippen molar-refractivity contribution in [2.24, 2.45) is 0 Å². The Balaban J connectivity index is 2.73. The smallest absolute Gasteiger partial charge is 0.303 e. The summed E-state index contributed by atoms with van der Waals surface area (Å²) in [6.45, 7) is 5.37. The van der Waals surface area contributed by atoms with E-state index < -0.39 is 17.4 Å². The van der Waals surface area contributed by atoms with Crippen molar-refractivity contribution < 1.29 is 14.7 Å². The molecule has 1 unspecified atom stereocenters. The summed E-state index contributed by atoms with van der Waals surface area (Å²) in [6.07, 6.45) is 0.372. The third kappa shape index (κ3) is 5.56. The van der Waals surface area contributed by atoms with E-state index in [2.05, 4.69) is 5.32 Å². The summed E-state index contributed by atoms with van der Waals surface area (Å²) in [7, 11) is 0. The zero-order chi connectivity index (χ0) is 16.2. The van der Waals surface area contributed by atoms with Crippen LogP contribution in [0.15, 0.2) is 18.2 Å². The molecule has 0 aliphatic heterocycles. The number of rotatable bonds is 6. The van der Waals surface area contributed by atoms with Crippen molar-refractivity contribution in [3.63, 3.8) is 0 Å². The summed E-state index contributed by atoms with van der Waals surface area (Å²) in [5, 5.41) is 12.4. The molecular formula is C15H19Cl2NO3. The lowest BCUT2D eigenvalue weighted by Gasteiger charge is -2.27. The predicted molar refractivity (Wildman–Crippen MR) is 84.0 cm³/mol. The van der Waals surface area contributed by atoms with Crippen molar-refractivity contribution >= 4 is 35.1 Å². The number of halogens is 2. The first-order valence-electron chi connectivity index (χ1n) is 6.61. The monoisotopic (exact) mass is 331 g/mol. The molecule has 1 atom stereocenters. The first-order chi connectivity index (χ1) is 9.62. The number of hydrogen-bond acceptors (Lipinski definition) is 2. The molecule has 0 saturated carbocycles. The van der Waals surface area contributed by atoms with Crippen molar-refractivity contribution in [3.8, 4) is 0 Å². The van der Waals surface area contributed by atoms with Crippen LogP contribution in [0.1, 0.15) is 45.1 Å². The average molecular weight is 332 g/mol. The van der Waals surface area contributed by atoms with Gasteiger partial charge < -0.3 is 10.4 Å². The highest BCUT2D eigenvalue weighted by Crippen LogP contribution is 2.27. The van der Waals surface area contributed by atoms with Gasteiger partial charge in [0.1, 0.15) is 0 Å². The lowest BCUT2D eigenvalue weighted by Crippen LogP contribution is -2.45. The van der Waals surface area contributed by atoms with Crippen LogP contribution in [0.5, 0.6) is 0 Å². The molecule has 0 aliphatic carbocycles. The van der Waals surface area contributed by atoms with Gasteiger partial charge in [0.25, 0.3) is 0 Å². The molecule has 1 rings (SSSR count). The van der Waals surface area contributed by atoms with Gasteiger partial charge in [-0.3, -0.25) is 9.59 Å². The topological polar surface area (TPSA) is 66.4 Å². The van der Waals surface area contributed by atoms with Crippen molar-refractivity contribution in [2.75, 3.05) is 0 Å². The third-order valence-corrected chi connectivity index (χ3v) is 4.00. The minimum Gasteiger partial charge on any atom is -0.481 e. The summed E-state index contributed by atoms with van der Waals surface area (Å²) in [5.41, 5.74) is 0.177. The maximum Gasteiger partial charge on any atom is 0.303 e. The number of nitrogens with one attached hydrogen (secondary N) is 1. The Hall–Kier alpha value is -1.26. The second-order valence-electron chi connectivity index (χ2n) is 5.66. The van der Waals surface area contributed by atoms with Crippen LogP contribution in [-0.2, 0) is 9.59 Å². The molecule has 0 spiro atoms. The number of amides is 1. The predicted octanol–water partition coefficient (Wildman–Crippen LogP) is 3.86. The van der Waals surface area contributed by atoms with Crippen molar-refractivity contribution in [1.82, 2.24) is 5.32 Å². The Labute approximate surface area is 134 Å². The molecule has 0 radical (unpaired) electrons. The van der Waals surface area contributed by atoms with Gasteiger partial charge in [-0.05, 0) is 44.9 Å². The van der Waals surface area contributed by atoms with E-state index in [0.717, 1.165) is 5.56 Å². The van der Waals surface area contributed by atoms with E-state index in [4.69, 9.17) is 28.3 Å². The van der Waals surface area contributed by atoms with Crippen molar-refractivity contribution in [3.05, 3.63) is 33.8 Å². The van der Waals surface area contributed by atoms with Crippen LogP contribution >= 0.6 is 23.2 Å². The van der Waals surface area contributed by atoms with Crippen LogP contribution in [0, 0.1) is 0 Å². The summed E-state index contributed by atoms with van der Waals surface area (Å²) in [4.78, 5) is 22.9. The molecule has 116 valence electrons.